The summed E-state index contributed by atoms with van der Waals surface area (Å²) in [5.41, 5.74) is -3.51. The van der Waals surface area contributed by atoms with Gasteiger partial charge in [0.1, 0.15) is 24.4 Å². The van der Waals surface area contributed by atoms with E-state index in [0.717, 1.165) is 0 Å². The molecule has 2 aliphatic rings. The number of esters is 1. The number of carbonyl (C=O) groups is 1. The van der Waals surface area contributed by atoms with Gasteiger partial charge in [0.25, 0.3) is 0 Å². The first kappa shape index (κ1) is 19.3. The fourth-order valence-electron chi connectivity index (χ4n) is 3.59. The molecule has 2 heterocycles. The predicted molar refractivity (Wildman–Crippen MR) is 84.5 cm³/mol. The lowest BCUT2D eigenvalue weighted by Crippen LogP contribution is -2.63. The van der Waals surface area contributed by atoms with Crippen molar-refractivity contribution in [2.75, 3.05) is 26.8 Å². The second-order valence-electron chi connectivity index (χ2n) is 7.22. The molecule has 0 bridgehead atoms. The molecule has 2 aliphatic heterocycles. The van der Waals surface area contributed by atoms with Crippen LogP contribution in [0.3, 0.4) is 0 Å². The molecule has 1 saturated heterocycles. The lowest BCUT2D eigenvalue weighted by molar-refractivity contribution is -0.877. The van der Waals surface area contributed by atoms with Crippen molar-refractivity contribution in [2.24, 2.45) is 0 Å². The molecule has 0 unspecified atom stereocenters. The molecule has 2 rings (SSSR count). The summed E-state index contributed by atoms with van der Waals surface area (Å²) < 4.78 is 9.67. The Labute approximate surface area is 141 Å². The molecule has 0 radical (unpaired) electrons. The molecule has 3 N–H and O–H groups in total. The predicted octanol–water partition coefficient (Wildman–Crippen LogP) is -0.546. The Balaban J connectivity index is 2.10. The second kappa shape index (κ2) is 6.36. The summed E-state index contributed by atoms with van der Waals surface area (Å²) in [5.74, 6) is -1.03. The van der Waals surface area contributed by atoms with Gasteiger partial charge in [-0.05, 0) is 26.8 Å². The molecule has 24 heavy (non-hydrogen) atoms. The van der Waals surface area contributed by atoms with Gasteiger partial charge in [0, 0.05) is 19.1 Å². The van der Waals surface area contributed by atoms with Crippen LogP contribution in [-0.2, 0) is 14.3 Å². The number of aliphatic hydroxyl groups excluding tert-OH is 1. The number of quaternary nitrogens is 1. The van der Waals surface area contributed by atoms with Crippen molar-refractivity contribution < 1.29 is 34.2 Å². The molecule has 5 atom stereocenters. The molecular weight excluding hydrogens is 318 g/mol. The first-order valence-electron chi connectivity index (χ1n) is 8.07. The number of hydrogen-bond donors (Lipinski definition) is 3. The van der Waals surface area contributed by atoms with Gasteiger partial charge in [-0.2, -0.15) is 0 Å². The van der Waals surface area contributed by atoms with Crippen LogP contribution in [0.1, 0.15) is 27.2 Å². The molecule has 0 aromatic heterocycles. The average Bonchev–Trinajstić information content (AvgIpc) is 2.98. The minimum Gasteiger partial charge on any atom is -0.632 e. The van der Waals surface area contributed by atoms with Crippen molar-refractivity contribution in [1.82, 2.24) is 0 Å². The van der Waals surface area contributed by atoms with E-state index in [1.54, 1.807) is 6.08 Å². The van der Waals surface area contributed by atoms with Crippen LogP contribution in [0.4, 0.5) is 0 Å². The van der Waals surface area contributed by atoms with Crippen molar-refractivity contribution in [3.05, 3.63) is 16.9 Å². The number of aliphatic hydroxyl groups is 3. The minimum atomic E-state index is -2.27. The number of carbonyl (C=O) groups excluding carboxylic acids is 1. The Morgan fingerprint density at radius 3 is 2.67 bits per heavy atom. The largest absolute Gasteiger partial charge is 0.632 e. The summed E-state index contributed by atoms with van der Waals surface area (Å²) in [5, 5.41) is 43.4. The zero-order valence-electron chi connectivity index (χ0n) is 14.6. The highest BCUT2D eigenvalue weighted by Crippen LogP contribution is 2.36. The molecule has 0 aromatic rings. The molecule has 0 spiro atoms. The molecule has 0 amide bonds. The quantitative estimate of drug-likeness (QED) is 0.256. The van der Waals surface area contributed by atoms with Crippen molar-refractivity contribution >= 4 is 5.97 Å². The summed E-state index contributed by atoms with van der Waals surface area (Å²) >= 11 is 0. The highest BCUT2D eigenvalue weighted by atomic mass is 16.6. The van der Waals surface area contributed by atoms with Crippen LogP contribution >= 0.6 is 0 Å². The summed E-state index contributed by atoms with van der Waals surface area (Å²) in [6, 6.07) is -0.632. The zero-order chi connectivity index (χ0) is 18.3. The zero-order valence-corrected chi connectivity index (χ0v) is 14.6. The number of hydroxylamine groups is 3. The van der Waals surface area contributed by atoms with E-state index in [-0.39, 0.29) is 13.2 Å². The number of fused-ring (bicyclic) bond motifs is 1. The van der Waals surface area contributed by atoms with E-state index in [2.05, 4.69) is 0 Å². The van der Waals surface area contributed by atoms with E-state index in [1.807, 2.05) is 0 Å². The average molecular weight is 345 g/mol. The Bertz CT molecular complexity index is 529. The van der Waals surface area contributed by atoms with Crippen LogP contribution in [0.15, 0.2) is 11.6 Å². The Morgan fingerprint density at radius 2 is 2.12 bits per heavy atom. The van der Waals surface area contributed by atoms with Gasteiger partial charge in [-0.3, -0.25) is 0 Å². The number of nitrogens with zero attached hydrogens (tertiary/aromatic N) is 1. The van der Waals surface area contributed by atoms with Crippen LogP contribution in [0.5, 0.6) is 0 Å². The van der Waals surface area contributed by atoms with E-state index in [9.17, 15) is 25.3 Å². The standard InChI is InChI=1S/C16H27NO7/c1-10(23-4)16(21,15(2,3)20)14(19)24-9-11-5-7-17(22)8-6-12(18)13(11)17/h5,10,12-13,18,20-21H,6-9H2,1-4H3/t10-,12-,13+,16+,17-/m0/s1. The van der Waals surface area contributed by atoms with Gasteiger partial charge in [-0.25, -0.2) is 4.79 Å². The van der Waals surface area contributed by atoms with E-state index in [4.69, 9.17) is 9.47 Å². The molecule has 8 nitrogen and oxygen atoms in total. The third-order valence-corrected chi connectivity index (χ3v) is 5.27. The monoisotopic (exact) mass is 345 g/mol. The van der Waals surface area contributed by atoms with Crippen molar-refractivity contribution in [2.45, 2.75) is 56.6 Å². The number of rotatable bonds is 6. The van der Waals surface area contributed by atoms with Gasteiger partial charge in [-0.15, -0.1) is 0 Å². The second-order valence-corrected chi connectivity index (χ2v) is 7.22. The van der Waals surface area contributed by atoms with Crippen LogP contribution < -0.4 is 0 Å². The number of ether oxygens (including phenoxy) is 2. The Kier molecular flexibility index (Phi) is 5.11. The van der Waals surface area contributed by atoms with Crippen LogP contribution in [0, 0.1) is 5.21 Å². The molecule has 0 saturated carbocycles. The Hall–Kier alpha value is -1.03. The summed E-state index contributed by atoms with van der Waals surface area (Å²) in [6.45, 7) is 4.39. The molecule has 138 valence electrons. The minimum absolute atomic E-state index is 0.211. The maximum absolute atomic E-state index is 12.5. The molecule has 0 aromatic carbocycles. The van der Waals surface area contributed by atoms with E-state index in [1.165, 1.54) is 27.9 Å². The van der Waals surface area contributed by atoms with Crippen molar-refractivity contribution in [3.8, 4) is 0 Å². The van der Waals surface area contributed by atoms with E-state index < -0.39 is 40.1 Å². The molecule has 0 aliphatic carbocycles. The fraction of sp³-hybridized carbons (Fsp3) is 0.812. The highest BCUT2D eigenvalue weighted by Gasteiger charge is 2.55. The van der Waals surface area contributed by atoms with Crippen molar-refractivity contribution in [3.63, 3.8) is 0 Å². The summed E-state index contributed by atoms with van der Waals surface area (Å²) in [7, 11) is 1.31. The van der Waals surface area contributed by atoms with Gasteiger partial charge in [0.15, 0.2) is 0 Å². The molecule has 8 heteroatoms. The maximum atomic E-state index is 12.5. The third-order valence-electron chi connectivity index (χ3n) is 5.27. The van der Waals surface area contributed by atoms with Crippen LogP contribution in [-0.4, -0.2) is 82.2 Å². The van der Waals surface area contributed by atoms with Crippen LogP contribution in [0.2, 0.25) is 0 Å². The van der Waals surface area contributed by atoms with Gasteiger partial charge in [-0.1, -0.05) is 0 Å². The van der Waals surface area contributed by atoms with Gasteiger partial charge in [0.05, 0.1) is 19.2 Å². The summed E-state index contributed by atoms with van der Waals surface area (Å²) in [4.78, 5) is 12.4. The topological polar surface area (TPSA) is 119 Å². The first-order chi connectivity index (χ1) is 11.0. The number of methoxy groups -OCH3 is 1. The lowest BCUT2D eigenvalue weighted by Gasteiger charge is -2.41. The molecule has 1 fully saturated rings. The SMILES string of the molecule is CO[C@@H](C)[C@@](O)(C(=O)OCC1=CC[N@+]2([O-])CC[C@H](O)[C@@H]12)C(C)(C)O. The van der Waals surface area contributed by atoms with Crippen molar-refractivity contribution in [1.29, 1.82) is 0 Å². The van der Waals surface area contributed by atoms with E-state index in [0.29, 0.717) is 18.5 Å². The molecular formula is C16H27NO7. The fourth-order valence-corrected chi connectivity index (χ4v) is 3.59. The van der Waals surface area contributed by atoms with Gasteiger partial charge in [0.2, 0.25) is 5.60 Å². The number of hydrogen-bond acceptors (Lipinski definition) is 7. The van der Waals surface area contributed by atoms with Gasteiger partial charge >= 0.3 is 5.97 Å². The Morgan fingerprint density at radius 1 is 1.50 bits per heavy atom. The van der Waals surface area contributed by atoms with E-state index >= 15 is 0 Å². The summed E-state index contributed by atoms with van der Waals surface area (Å²) in [6.07, 6.45) is 0.319. The first-order valence-corrected chi connectivity index (χ1v) is 8.07. The smallest absolute Gasteiger partial charge is 0.344 e. The highest BCUT2D eigenvalue weighted by molar-refractivity contribution is 5.82. The lowest BCUT2D eigenvalue weighted by atomic mass is 9.81. The maximum Gasteiger partial charge on any atom is 0.344 e. The third kappa shape index (κ3) is 2.98. The normalized spacial score (nSPS) is 33.6. The van der Waals surface area contributed by atoms with Gasteiger partial charge < -0.3 is 34.6 Å². The van der Waals surface area contributed by atoms with Crippen LogP contribution in [0.25, 0.3) is 0 Å².